The van der Waals surface area contributed by atoms with Crippen LogP contribution in [-0.4, -0.2) is 24.5 Å². The Morgan fingerprint density at radius 3 is 2.20 bits per heavy atom. The summed E-state index contributed by atoms with van der Waals surface area (Å²) in [4.78, 5) is 9.88. The number of nitrogens with two attached hydrogens (primary N) is 1. The van der Waals surface area contributed by atoms with E-state index in [4.69, 9.17) is 4.55 Å². The van der Waals surface area contributed by atoms with Crippen molar-refractivity contribution in [1.82, 2.24) is 0 Å². The van der Waals surface area contributed by atoms with Crippen molar-refractivity contribution in [2.24, 2.45) is 5.73 Å². The van der Waals surface area contributed by atoms with Crippen molar-refractivity contribution in [1.29, 1.82) is 0 Å². The average Bonchev–Trinajstić information content (AvgIpc) is 1.60. The minimum absolute atomic E-state index is 0.986. The summed E-state index contributed by atoms with van der Waals surface area (Å²) in [6.45, 7) is 0.986. The maximum Gasteiger partial charge on any atom is 0.405 e. The number of primary amides is 1. The molecule has 10 heavy (non-hydrogen) atoms. The molecule has 0 aromatic rings. The van der Waals surface area contributed by atoms with E-state index >= 15 is 0 Å². The van der Waals surface area contributed by atoms with Crippen molar-refractivity contribution in [3.63, 3.8) is 0 Å². The van der Waals surface area contributed by atoms with E-state index in [1.54, 1.807) is 0 Å². The van der Waals surface area contributed by atoms with Gasteiger partial charge in [0.2, 0.25) is 5.44 Å². The smallest absolute Gasteiger partial charge is 0.405 e. The van der Waals surface area contributed by atoms with Crippen molar-refractivity contribution in [3.05, 3.63) is 0 Å². The van der Waals surface area contributed by atoms with Crippen LogP contribution >= 0.6 is 0 Å². The number of rotatable bonds is 2. The maximum absolute atomic E-state index is 10.1. The number of hydrogen-bond acceptors (Lipinski definition) is 4. The van der Waals surface area contributed by atoms with Crippen molar-refractivity contribution < 1.29 is 22.5 Å². The van der Waals surface area contributed by atoms with E-state index in [0.29, 0.717) is 0 Å². The van der Waals surface area contributed by atoms with Crippen LogP contribution < -0.4 is 5.73 Å². The fourth-order valence-corrected chi connectivity index (χ4v) is 0.441. The molecular formula is C3H7NO5S. The number of amides is 1. The molecule has 0 rings (SSSR count). The van der Waals surface area contributed by atoms with Crippen molar-refractivity contribution in [2.45, 2.75) is 12.4 Å². The first kappa shape index (κ1) is 9.18. The molecule has 0 aliphatic heterocycles. The summed E-state index contributed by atoms with van der Waals surface area (Å²) >= 11 is 0. The van der Waals surface area contributed by atoms with Gasteiger partial charge in [-0.05, 0) is 6.92 Å². The first-order valence-electron chi connectivity index (χ1n) is 2.26. The molecule has 0 spiro atoms. The van der Waals surface area contributed by atoms with E-state index in [0.717, 1.165) is 6.92 Å². The van der Waals surface area contributed by atoms with Crippen LogP contribution in [0.3, 0.4) is 0 Å². The average molecular weight is 169 g/mol. The van der Waals surface area contributed by atoms with Gasteiger partial charge in [0.25, 0.3) is 0 Å². The molecule has 0 aromatic carbocycles. The van der Waals surface area contributed by atoms with Crippen LogP contribution in [0.15, 0.2) is 0 Å². The Morgan fingerprint density at radius 2 is 2.10 bits per heavy atom. The Kier molecular flexibility index (Phi) is 2.61. The molecule has 0 aliphatic rings. The van der Waals surface area contributed by atoms with Gasteiger partial charge < -0.3 is 10.5 Å². The first-order valence-corrected chi connectivity index (χ1v) is 3.76. The minimum atomic E-state index is -4.32. The molecule has 60 valence electrons. The van der Waals surface area contributed by atoms with Crippen molar-refractivity contribution in [3.8, 4) is 0 Å². The second-order valence-corrected chi connectivity index (χ2v) is 3.21. The van der Waals surface area contributed by atoms with Gasteiger partial charge in [0.1, 0.15) is 0 Å². The van der Waals surface area contributed by atoms with Gasteiger partial charge in [-0.2, -0.15) is 8.42 Å². The van der Waals surface area contributed by atoms with E-state index in [1.165, 1.54) is 0 Å². The fourth-order valence-electron chi connectivity index (χ4n) is 0.224. The quantitative estimate of drug-likeness (QED) is 0.532. The normalized spacial score (nSPS) is 14.2. The van der Waals surface area contributed by atoms with Gasteiger partial charge in [-0.1, -0.05) is 0 Å². The third-order valence-electron chi connectivity index (χ3n) is 0.702. The Balaban J connectivity index is 4.12. The Morgan fingerprint density at radius 1 is 1.70 bits per heavy atom. The molecule has 6 nitrogen and oxygen atoms in total. The zero-order valence-electron chi connectivity index (χ0n) is 5.14. The summed E-state index contributed by atoms with van der Waals surface area (Å²) in [5.74, 6) is 0. The molecule has 0 heterocycles. The van der Waals surface area contributed by atoms with Crippen LogP contribution in [-0.2, 0) is 14.9 Å². The number of carbonyl (C=O) groups is 1. The van der Waals surface area contributed by atoms with Gasteiger partial charge >= 0.3 is 16.2 Å². The molecule has 0 bridgehead atoms. The molecule has 1 atom stereocenters. The third-order valence-corrected chi connectivity index (χ3v) is 1.64. The van der Waals surface area contributed by atoms with E-state index in [9.17, 15) is 13.2 Å². The van der Waals surface area contributed by atoms with Crippen LogP contribution in [0.2, 0.25) is 0 Å². The Bertz CT molecular complexity index is 219. The molecule has 0 radical (unpaired) electrons. The van der Waals surface area contributed by atoms with Crippen LogP contribution in [0.25, 0.3) is 0 Å². The van der Waals surface area contributed by atoms with Crippen LogP contribution in [0.5, 0.6) is 0 Å². The van der Waals surface area contributed by atoms with E-state index in [1.807, 2.05) is 0 Å². The lowest BCUT2D eigenvalue weighted by molar-refractivity contribution is 0.143. The summed E-state index contributed by atoms with van der Waals surface area (Å²) in [5, 5.41) is 0. The summed E-state index contributed by atoms with van der Waals surface area (Å²) in [6.07, 6.45) is -1.25. The molecule has 3 N–H and O–H groups in total. The summed E-state index contributed by atoms with van der Waals surface area (Å²) in [7, 11) is -4.32. The lowest BCUT2D eigenvalue weighted by Gasteiger charge is -2.05. The summed E-state index contributed by atoms with van der Waals surface area (Å²) < 4.78 is 32.3. The maximum atomic E-state index is 10.1. The Labute approximate surface area is 57.7 Å². The van der Waals surface area contributed by atoms with Gasteiger partial charge in [0, 0.05) is 0 Å². The second kappa shape index (κ2) is 2.84. The predicted molar refractivity (Wildman–Crippen MR) is 31.7 cm³/mol. The zero-order chi connectivity index (χ0) is 8.36. The zero-order valence-corrected chi connectivity index (χ0v) is 5.96. The van der Waals surface area contributed by atoms with Gasteiger partial charge in [-0.3, -0.25) is 4.55 Å². The molecule has 0 aliphatic carbocycles. The van der Waals surface area contributed by atoms with Gasteiger partial charge in [-0.15, -0.1) is 0 Å². The van der Waals surface area contributed by atoms with Crippen LogP contribution in [0.4, 0.5) is 4.79 Å². The lowest BCUT2D eigenvalue weighted by atomic mass is 10.8. The van der Waals surface area contributed by atoms with Crippen LogP contribution in [0, 0.1) is 0 Å². The number of ether oxygens (including phenoxy) is 1. The first-order chi connectivity index (χ1) is 4.34. The van der Waals surface area contributed by atoms with Crippen molar-refractivity contribution in [2.75, 3.05) is 0 Å². The lowest BCUT2D eigenvalue weighted by Crippen LogP contribution is -2.26. The van der Waals surface area contributed by atoms with Crippen molar-refractivity contribution >= 4 is 16.2 Å². The molecule has 0 saturated carbocycles. The third kappa shape index (κ3) is 3.25. The molecule has 0 saturated heterocycles. The van der Waals surface area contributed by atoms with E-state index in [2.05, 4.69) is 10.5 Å². The monoisotopic (exact) mass is 169 g/mol. The number of carbonyl (C=O) groups excluding carboxylic acids is 1. The highest BCUT2D eigenvalue weighted by molar-refractivity contribution is 7.86. The van der Waals surface area contributed by atoms with Gasteiger partial charge in [-0.25, -0.2) is 4.79 Å². The standard InChI is InChI=1S/C3H7NO5S/c1-2(9-3(4)5)10(6,7)8/h2H,1H3,(H2,4,5)(H,6,7,8). The molecule has 0 fully saturated rings. The summed E-state index contributed by atoms with van der Waals surface area (Å²) in [6, 6.07) is 0. The second-order valence-electron chi connectivity index (χ2n) is 1.52. The van der Waals surface area contributed by atoms with Crippen LogP contribution in [0.1, 0.15) is 6.92 Å². The van der Waals surface area contributed by atoms with E-state index < -0.39 is 21.6 Å². The topological polar surface area (TPSA) is 107 Å². The molecule has 0 aromatic heterocycles. The van der Waals surface area contributed by atoms with Gasteiger partial charge in [0.05, 0.1) is 0 Å². The largest absolute Gasteiger partial charge is 0.428 e. The molecular weight excluding hydrogens is 162 g/mol. The fraction of sp³-hybridized carbons (Fsp3) is 0.667. The highest BCUT2D eigenvalue weighted by Crippen LogP contribution is 1.97. The van der Waals surface area contributed by atoms with E-state index in [-0.39, 0.29) is 0 Å². The minimum Gasteiger partial charge on any atom is -0.428 e. The predicted octanol–water partition coefficient (Wildman–Crippen LogP) is -0.684. The SMILES string of the molecule is CC(OC(N)=O)S(=O)(=O)O. The molecule has 1 amide bonds. The molecule has 7 heteroatoms. The number of hydrogen-bond donors (Lipinski definition) is 2. The van der Waals surface area contributed by atoms with Gasteiger partial charge in [0.15, 0.2) is 0 Å². The summed E-state index contributed by atoms with van der Waals surface area (Å²) in [5.41, 5.74) is 2.85. The molecule has 1 unspecified atom stereocenters. The highest BCUT2D eigenvalue weighted by Gasteiger charge is 2.19. The highest BCUT2D eigenvalue weighted by atomic mass is 32.2. The Hall–Kier alpha value is -0.820.